The van der Waals surface area contributed by atoms with Crippen molar-refractivity contribution in [1.82, 2.24) is 0 Å². The van der Waals surface area contributed by atoms with Crippen LogP contribution in [0.5, 0.6) is 0 Å². The van der Waals surface area contributed by atoms with Gasteiger partial charge in [0, 0.05) is 24.8 Å². The fraction of sp³-hybridized carbons (Fsp3) is 0.455. The summed E-state index contributed by atoms with van der Waals surface area (Å²) < 4.78 is 1.09. The quantitative estimate of drug-likeness (QED) is 0.665. The lowest BCUT2D eigenvalue weighted by Gasteiger charge is -2.51. The van der Waals surface area contributed by atoms with Gasteiger partial charge in [-0.3, -0.25) is 0 Å². The van der Waals surface area contributed by atoms with Gasteiger partial charge in [-0.25, -0.2) is 0 Å². The lowest BCUT2D eigenvalue weighted by molar-refractivity contribution is -0.956. The SMILES string of the molecule is C[N+](C)(Cc1ccccc1)C1(Cc2ccccc2)CCCCC1. The smallest absolute Gasteiger partial charge is 0.104 e. The lowest BCUT2D eigenvalue weighted by Crippen LogP contribution is -2.61. The molecule has 0 unspecified atom stereocenters. The van der Waals surface area contributed by atoms with Crippen LogP contribution in [0.3, 0.4) is 0 Å². The zero-order valence-corrected chi connectivity index (χ0v) is 14.7. The number of hydrogen-bond acceptors (Lipinski definition) is 0. The molecule has 0 heterocycles. The maximum absolute atomic E-state index is 2.45. The second-order valence-electron chi connectivity index (χ2n) is 7.78. The van der Waals surface area contributed by atoms with Crippen LogP contribution in [-0.2, 0) is 13.0 Å². The third-order valence-electron chi connectivity index (χ3n) is 5.87. The van der Waals surface area contributed by atoms with Crippen LogP contribution in [0, 0.1) is 0 Å². The molecule has 1 aliphatic rings. The summed E-state index contributed by atoms with van der Waals surface area (Å²) in [6.07, 6.45) is 8.06. The monoisotopic (exact) mass is 308 g/mol. The molecule has 0 N–H and O–H groups in total. The fourth-order valence-corrected chi connectivity index (χ4v) is 4.39. The Balaban J connectivity index is 1.87. The summed E-state index contributed by atoms with van der Waals surface area (Å²) in [5.41, 5.74) is 3.32. The molecular weight excluding hydrogens is 278 g/mol. The first-order chi connectivity index (χ1) is 11.1. The zero-order valence-electron chi connectivity index (χ0n) is 14.7. The predicted octanol–water partition coefficient (Wildman–Crippen LogP) is 5.21. The van der Waals surface area contributed by atoms with Crippen molar-refractivity contribution in [3.8, 4) is 0 Å². The van der Waals surface area contributed by atoms with Crippen LogP contribution in [0.25, 0.3) is 0 Å². The summed E-state index contributed by atoms with van der Waals surface area (Å²) in [6, 6.07) is 22.1. The Bertz CT molecular complexity index is 594. The molecule has 1 fully saturated rings. The molecule has 1 aliphatic carbocycles. The number of rotatable bonds is 5. The lowest BCUT2D eigenvalue weighted by atomic mass is 9.74. The minimum absolute atomic E-state index is 0.370. The fourth-order valence-electron chi connectivity index (χ4n) is 4.39. The number of quaternary nitrogens is 1. The molecule has 0 atom stereocenters. The molecule has 3 rings (SSSR count). The van der Waals surface area contributed by atoms with Gasteiger partial charge in [-0.2, -0.15) is 0 Å². The van der Waals surface area contributed by atoms with E-state index >= 15 is 0 Å². The van der Waals surface area contributed by atoms with E-state index in [4.69, 9.17) is 0 Å². The van der Waals surface area contributed by atoms with E-state index in [1.54, 1.807) is 0 Å². The highest BCUT2D eigenvalue weighted by molar-refractivity contribution is 5.18. The van der Waals surface area contributed by atoms with E-state index in [1.807, 2.05) is 0 Å². The van der Waals surface area contributed by atoms with Crippen molar-refractivity contribution in [2.45, 2.75) is 50.6 Å². The Hall–Kier alpha value is -1.60. The zero-order chi connectivity index (χ0) is 16.2. The number of benzene rings is 2. The highest BCUT2D eigenvalue weighted by Gasteiger charge is 2.45. The molecule has 0 amide bonds. The van der Waals surface area contributed by atoms with Crippen LogP contribution in [0.1, 0.15) is 43.2 Å². The van der Waals surface area contributed by atoms with E-state index in [2.05, 4.69) is 74.8 Å². The molecule has 0 saturated heterocycles. The third kappa shape index (κ3) is 3.67. The molecule has 23 heavy (non-hydrogen) atoms. The van der Waals surface area contributed by atoms with E-state index in [0.717, 1.165) is 11.0 Å². The maximum atomic E-state index is 2.45. The van der Waals surface area contributed by atoms with Crippen LogP contribution in [0.4, 0.5) is 0 Å². The Morgan fingerprint density at radius 2 is 1.26 bits per heavy atom. The normalized spacial score (nSPS) is 17.8. The van der Waals surface area contributed by atoms with Crippen molar-refractivity contribution in [2.24, 2.45) is 0 Å². The molecule has 1 heteroatoms. The largest absolute Gasteiger partial charge is 0.320 e. The average Bonchev–Trinajstić information content (AvgIpc) is 2.57. The van der Waals surface area contributed by atoms with Gasteiger partial charge in [0.15, 0.2) is 0 Å². The molecule has 0 aliphatic heterocycles. The van der Waals surface area contributed by atoms with Gasteiger partial charge in [-0.05, 0) is 18.4 Å². The van der Waals surface area contributed by atoms with E-state index in [0.29, 0.717) is 5.54 Å². The van der Waals surface area contributed by atoms with Gasteiger partial charge in [0.1, 0.15) is 12.1 Å². The van der Waals surface area contributed by atoms with E-state index < -0.39 is 0 Å². The predicted molar refractivity (Wildman–Crippen MR) is 98.2 cm³/mol. The summed E-state index contributed by atoms with van der Waals surface area (Å²) in [5.74, 6) is 0. The summed E-state index contributed by atoms with van der Waals surface area (Å²) in [7, 11) is 4.89. The highest BCUT2D eigenvalue weighted by Crippen LogP contribution is 2.40. The first-order valence-electron chi connectivity index (χ1n) is 9.02. The highest BCUT2D eigenvalue weighted by atomic mass is 15.4. The first kappa shape index (κ1) is 16.3. The molecule has 0 bridgehead atoms. The second-order valence-corrected chi connectivity index (χ2v) is 7.78. The van der Waals surface area contributed by atoms with E-state index in [1.165, 1.54) is 49.7 Å². The van der Waals surface area contributed by atoms with Crippen LogP contribution >= 0.6 is 0 Å². The van der Waals surface area contributed by atoms with Gasteiger partial charge < -0.3 is 4.48 Å². The number of likely N-dealkylation sites (N-methyl/N-ethyl adjacent to an activating group) is 1. The molecule has 2 aromatic rings. The maximum Gasteiger partial charge on any atom is 0.104 e. The number of nitrogens with zero attached hydrogens (tertiary/aromatic N) is 1. The van der Waals surface area contributed by atoms with Crippen molar-refractivity contribution >= 4 is 0 Å². The molecule has 0 spiro atoms. The van der Waals surface area contributed by atoms with Gasteiger partial charge in [-0.15, -0.1) is 0 Å². The Labute approximate surface area is 141 Å². The first-order valence-corrected chi connectivity index (χ1v) is 9.02. The summed E-state index contributed by atoms with van der Waals surface area (Å²) in [6.45, 7) is 1.12. The topological polar surface area (TPSA) is 0 Å². The van der Waals surface area contributed by atoms with Crippen LogP contribution in [0.15, 0.2) is 60.7 Å². The Morgan fingerprint density at radius 1 is 0.739 bits per heavy atom. The molecule has 1 nitrogen and oxygen atoms in total. The average molecular weight is 308 g/mol. The molecule has 2 aromatic carbocycles. The molecule has 1 saturated carbocycles. The summed E-state index contributed by atoms with van der Waals surface area (Å²) in [5, 5.41) is 0. The minimum atomic E-state index is 0.370. The van der Waals surface area contributed by atoms with Crippen molar-refractivity contribution in [3.05, 3.63) is 71.8 Å². The standard InChI is InChI=1S/C22H30N/c1-23(2,19-21-14-8-4-9-15-21)22(16-10-5-11-17-22)18-20-12-6-3-7-13-20/h3-4,6-9,12-15H,5,10-11,16-19H2,1-2H3/q+1. The molecule has 122 valence electrons. The number of hydrogen-bond donors (Lipinski definition) is 0. The van der Waals surface area contributed by atoms with Gasteiger partial charge in [0.25, 0.3) is 0 Å². The van der Waals surface area contributed by atoms with Gasteiger partial charge >= 0.3 is 0 Å². The van der Waals surface area contributed by atoms with Crippen molar-refractivity contribution in [2.75, 3.05) is 14.1 Å². The van der Waals surface area contributed by atoms with Crippen LogP contribution in [0.2, 0.25) is 0 Å². The van der Waals surface area contributed by atoms with Crippen molar-refractivity contribution in [1.29, 1.82) is 0 Å². The Morgan fingerprint density at radius 3 is 1.83 bits per heavy atom. The van der Waals surface area contributed by atoms with E-state index in [9.17, 15) is 0 Å². The Kier molecular flexibility index (Phi) is 4.87. The molecule has 0 radical (unpaired) electrons. The summed E-state index contributed by atoms with van der Waals surface area (Å²) >= 11 is 0. The van der Waals surface area contributed by atoms with Crippen LogP contribution < -0.4 is 0 Å². The van der Waals surface area contributed by atoms with Crippen LogP contribution in [-0.4, -0.2) is 24.1 Å². The van der Waals surface area contributed by atoms with E-state index in [-0.39, 0.29) is 0 Å². The second kappa shape index (κ2) is 6.88. The van der Waals surface area contributed by atoms with Gasteiger partial charge in [0.2, 0.25) is 0 Å². The third-order valence-corrected chi connectivity index (χ3v) is 5.87. The van der Waals surface area contributed by atoms with Gasteiger partial charge in [0.05, 0.1) is 14.1 Å². The van der Waals surface area contributed by atoms with Crippen molar-refractivity contribution in [3.63, 3.8) is 0 Å². The summed E-state index contributed by atoms with van der Waals surface area (Å²) in [4.78, 5) is 0. The molecular formula is C22H30N+. The molecule has 0 aromatic heterocycles. The minimum Gasteiger partial charge on any atom is -0.320 e. The van der Waals surface area contributed by atoms with Crippen molar-refractivity contribution < 1.29 is 4.48 Å². The van der Waals surface area contributed by atoms with Gasteiger partial charge in [-0.1, -0.05) is 67.1 Å².